The summed E-state index contributed by atoms with van der Waals surface area (Å²) >= 11 is 0. The van der Waals surface area contributed by atoms with E-state index in [0.29, 0.717) is 29.9 Å². The highest BCUT2D eigenvalue weighted by Crippen LogP contribution is 2.27. The molecule has 0 fully saturated rings. The zero-order valence-corrected chi connectivity index (χ0v) is 13.4. The molecule has 0 bridgehead atoms. The van der Waals surface area contributed by atoms with Crippen LogP contribution in [0.3, 0.4) is 0 Å². The molecule has 0 aliphatic heterocycles. The van der Waals surface area contributed by atoms with E-state index in [2.05, 4.69) is 5.32 Å². The van der Waals surface area contributed by atoms with Crippen LogP contribution in [0.4, 0.5) is 0 Å². The number of hydrogen-bond donors (Lipinski definition) is 2. The van der Waals surface area contributed by atoms with Crippen molar-refractivity contribution in [2.24, 2.45) is 0 Å². The van der Waals surface area contributed by atoms with Gasteiger partial charge in [0.15, 0.2) is 18.1 Å². The molecule has 7 heteroatoms. The van der Waals surface area contributed by atoms with Gasteiger partial charge in [0.1, 0.15) is 5.54 Å². The molecular formula is C16H20N2O5. The maximum Gasteiger partial charge on any atom is 0.329 e. The number of carbonyl (C=O) groups is 2. The van der Waals surface area contributed by atoms with Crippen molar-refractivity contribution < 1.29 is 24.2 Å². The Labute approximate surface area is 134 Å². The molecule has 0 spiro atoms. The molecule has 0 aliphatic carbocycles. The summed E-state index contributed by atoms with van der Waals surface area (Å²) in [6.45, 7) is 2.94. The standard InChI is InChI=1S/C16H20N2O5/c1-4-7-16(2,15(20)21)18-14(19)10-23-12-6-5-11(9-17)8-13(12)22-3/h5-6,8H,4,7,10H2,1-3H3,(H,18,19)(H,20,21). The number of carboxylic acid groups (broad SMARTS) is 1. The van der Waals surface area contributed by atoms with Gasteiger partial charge in [-0.05, 0) is 25.5 Å². The summed E-state index contributed by atoms with van der Waals surface area (Å²) in [6.07, 6.45) is 0.932. The zero-order chi connectivity index (χ0) is 17.5. The lowest BCUT2D eigenvalue weighted by Gasteiger charge is -2.25. The Balaban J connectivity index is 2.73. The van der Waals surface area contributed by atoms with Crippen molar-refractivity contribution in [1.82, 2.24) is 5.32 Å². The van der Waals surface area contributed by atoms with Gasteiger partial charge in [0, 0.05) is 6.07 Å². The van der Waals surface area contributed by atoms with Crippen molar-refractivity contribution >= 4 is 11.9 Å². The van der Waals surface area contributed by atoms with Crippen LogP contribution in [0.15, 0.2) is 18.2 Å². The molecule has 0 saturated carbocycles. The number of benzene rings is 1. The fraction of sp³-hybridized carbons (Fsp3) is 0.438. The number of nitrogens with zero attached hydrogens (tertiary/aromatic N) is 1. The summed E-state index contributed by atoms with van der Waals surface area (Å²) in [7, 11) is 1.42. The second-order valence-electron chi connectivity index (χ2n) is 5.20. The van der Waals surface area contributed by atoms with Gasteiger partial charge in [-0.1, -0.05) is 13.3 Å². The minimum Gasteiger partial charge on any atom is -0.493 e. The molecule has 124 valence electrons. The van der Waals surface area contributed by atoms with Crippen molar-refractivity contribution in [3.05, 3.63) is 23.8 Å². The minimum absolute atomic E-state index is 0.300. The number of amides is 1. The van der Waals surface area contributed by atoms with Gasteiger partial charge in [0.25, 0.3) is 5.91 Å². The number of rotatable bonds is 8. The molecule has 2 N–H and O–H groups in total. The molecule has 1 atom stereocenters. The highest BCUT2D eigenvalue weighted by atomic mass is 16.5. The minimum atomic E-state index is -1.33. The van der Waals surface area contributed by atoms with E-state index >= 15 is 0 Å². The van der Waals surface area contributed by atoms with Gasteiger partial charge in [0.2, 0.25) is 0 Å². The topological polar surface area (TPSA) is 109 Å². The molecule has 1 aromatic rings. The van der Waals surface area contributed by atoms with E-state index in [1.165, 1.54) is 32.2 Å². The average molecular weight is 320 g/mol. The fourth-order valence-electron chi connectivity index (χ4n) is 2.07. The first-order chi connectivity index (χ1) is 10.9. The molecule has 1 aromatic carbocycles. The SMILES string of the molecule is CCCC(C)(NC(=O)COc1ccc(C#N)cc1OC)C(=O)O. The maximum atomic E-state index is 11.9. The second kappa shape index (κ2) is 8.03. The van der Waals surface area contributed by atoms with Crippen LogP contribution in [0, 0.1) is 11.3 Å². The van der Waals surface area contributed by atoms with Gasteiger partial charge in [-0.2, -0.15) is 5.26 Å². The molecule has 7 nitrogen and oxygen atoms in total. The molecule has 0 heterocycles. The van der Waals surface area contributed by atoms with E-state index < -0.39 is 17.4 Å². The Hall–Kier alpha value is -2.75. The van der Waals surface area contributed by atoms with E-state index in [1.807, 2.05) is 13.0 Å². The van der Waals surface area contributed by atoms with Crippen LogP contribution in [-0.4, -0.2) is 36.2 Å². The van der Waals surface area contributed by atoms with Crippen LogP contribution in [0.5, 0.6) is 11.5 Å². The Morgan fingerprint density at radius 1 is 1.39 bits per heavy atom. The number of aliphatic carboxylic acids is 1. The fourth-order valence-corrected chi connectivity index (χ4v) is 2.07. The number of hydrogen-bond acceptors (Lipinski definition) is 5. The van der Waals surface area contributed by atoms with E-state index in [9.17, 15) is 14.7 Å². The Morgan fingerprint density at radius 3 is 2.61 bits per heavy atom. The lowest BCUT2D eigenvalue weighted by Crippen LogP contribution is -2.53. The summed E-state index contributed by atoms with van der Waals surface area (Å²) in [5.41, 5.74) is -0.927. The van der Waals surface area contributed by atoms with Crippen molar-refractivity contribution in [3.8, 4) is 17.6 Å². The lowest BCUT2D eigenvalue weighted by atomic mass is 9.96. The number of methoxy groups -OCH3 is 1. The predicted octanol–water partition coefficient (Wildman–Crippen LogP) is 1.71. The molecule has 0 radical (unpaired) electrons. The van der Waals surface area contributed by atoms with E-state index in [4.69, 9.17) is 14.7 Å². The molecule has 0 aliphatic rings. The largest absolute Gasteiger partial charge is 0.493 e. The van der Waals surface area contributed by atoms with Crippen molar-refractivity contribution in [2.75, 3.05) is 13.7 Å². The van der Waals surface area contributed by atoms with Crippen molar-refractivity contribution in [2.45, 2.75) is 32.2 Å². The number of nitrogens with one attached hydrogen (secondary N) is 1. The number of nitriles is 1. The highest BCUT2D eigenvalue weighted by molar-refractivity contribution is 5.87. The molecule has 0 aromatic heterocycles. The van der Waals surface area contributed by atoms with Crippen LogP contribution in [0.25, 0.3) is 0 Å². The maximum absolute atomic E-state index is 11.9. The third kappa shape index (κ3) is 4.88. The summed E-state index contributed by atoms with van der Waals surface area (Å²) in [5.74, 6) is -1.01. The number of ether oxygens (including phenoxy) is 2. The van der Waals surface area contributed by atoms with Crippen LogP contribution in [0.1, 0.15) is 32.3 Å². The molecular weight excluding hydrogens is 300 g/mol. The molecule has 1 rings (SSSR count). The summed E-state index contributed by atoms with van der Waals surface area (Å²) < 4.78 is 10.4. The summed E-state index contributed by atoms with van der Waals surface area (Å²) in [6, 6.07) is 6.52. The Morgan fingerprint density at radius 2 is 2.09 bits per heavy atom. The van der Waals surface area contributed by atoms with Gasteiger partial charge in [-0.15, -0.1) is 0 Å². The van der Waals surface area contributed by atoms with Gasteiger partial charge >= 0.3 is 5.97 Å². The molecule has 23 heavy (non-hydrogen) atoms. The molecule has 1 unspecified atom stereocenters. The normalized spacial score (nSPS) is 12.6. The third-order valence-corrected chi connectivity index (χ3v) is 3.29. The van der Waals surface area contributed by atoms with Crippen molar-refractivity contribution in [3.63, 3.8) is 0 Å². The first-order valence-electron chi connectivity index (χ1n) is 7.11. The van der Waals surface area contributed by atoms with Gasteiger partial charge in [0.05, 0.1) is 18.7 Å². The lowest BCUT2D eigenvalue weighted by molar-refractivity contribution is -0.147. The number of carboxylic acids is 1. The van der Waals surface area contributed by atoms with E-state index in [0.717, 1.165) is 0 Å². The van der Waals surface area contributed by atoms with Gasteiger partial charge < -0.3 is 19.9 Å². The molecule has 0 saturated heterocycles. The van der Waals surface area contributed by atoms with Gasteiger partial charge in [-0.3, -0.25) is 4.79 Å². The zero-order valence-electron chi connectivity index (χ0n) is 13.4. The number of carbonyl (C=O) groups excluding carboxylic acids is 1. The Bertz CT molecular complexity index is 623. The second-order valence-corrected chi connectivity index (χ2v) is 5.20. The van der Waals surface area contributed by atoms with E-state index in [-0.39, 0.29) is 6.61 Å². The average Bonchev–Trinajstić information content (AvgIpc) is 2.52. The first-order valence-corrected chi connectivity index (χ1v) is 7.11. The smallest absolute Gasteiger partial charge is 0.329 e. The summed E-state index contributed by atoms with van der Waals surface area (Å²) in [5, 5.41) is 20.5. The predicted molar refractivity (Wildman–Crippen MR) is 82.3 cm³/mol. The van der Waals surface area contributed by atoms with Crippen LogP contribution >= 0.6 is 0 Å². The highest BCUT2D eigenvalue weighted by Gasteiger charge is 2.33. The first kappa shape index (κ1) is 18.3. The summed E-state index contributed by atoms with van der Waals surface area (Å²) in [4.78, 5) is 23.2. The quantitative estimate of drug-likeness (QED) is 0.754. The van der Waals surface area contributed by atoms with Crippen molar-refractivity contribution in [1.29, 1.82) is 5.26 Å². The van der Waals surface area contributed by atoms with Crippen LogP contribution < -0.4 is 14.8 Å². The van der Waals surface area contributed by atoms with Crippen LogP contribution in [-0.2, 0) is 9.59 Å². The third-order valence-electron chi connectivity index (χ3n) is 3.29. The van der Waals surface area contributed by atoms with Gasteiger partial charge in [-0.25, -0.2) is 4.79 Å². The Kier molecular flexibility index (Phi) is 6.39. The molecule has 1 amide bonds. The monoisotopic (exact) mass is 320 g/mol. The van der Waals surface area contributed by atoms with E-state index in [1.54, 1.807) is 0 Å². The van der Waals surface area contributed by atoms with Crippen LogP contribution in [0.2, 0.25) is 0 Å².